The van der Waals surface area contributed by atoms with E-state index in [1.54, 1.807) is 12.2 Å². The molecule has 0 aliphatic carbocycles. The molecule has 21 heavy (non-hydrogen) atoms. The molecule has 3 rings (SSSR count). The van der Waals surface area contributed by atoms with Crippen LogP contribution in [0.3, 0.4) is 0 Å². The van der Waals surface area contributed by atoms with Gasteiger partial charge < -0.3 is 5.32 Å². The van der Waals surface area contributed by atoms with Crippen molar-refractivity contribution in [2.24, 2.45) is 0 Å². The zero-order chi connectivity index (χ0) is 14.5. The molecular weight excluding hydrogens is 258 g/mol. The van der Waals surface area contributed by atoms with Gasteiger partial charge in [-0.25, -0.2) is 0 Å². The standard InChI is InChI=1S/C19H15NO/c21-19(14-13-15-7-2-1-3-8-15)20-18-12-6-10-16-9-4-5-11-17(16)18/h1-14H,(H,20,21). The molecule has 3 aromatic carbocycles. The summed E-state index contributed by atoms with van der Waals surface area (Å²) in [6, 6.07) is 23.7. The van der Waals surface area contributed by atoms with E-state index in [1.807, 2.05) is 72.8 Å². The SMILES string of the molecule is O=C(C=Cc1ccccc1)Nc1cccc2ccccc12. The highest BCUT2D eigenvalue weighted by Crippen LogP contribution is 2.22. The van der Waals surface area contributed by atoms with Gasteiger partial charge in [0.25, 0.3) is 0 Å². The summed E-state index contributed by atoms with van der Waals surface area (Å²) in [4.78, 5) is 12.0. The van der Waals surface area contributed by atoms with Crippen molar-refractivity contribution >= 4 is 28.4 Å². The summed E-state index contributed by atoms with van der Waals surface area (Å²) < 4.78 is 0. The topological polar surface area (TPSA) is 29.1 Å². The van der Waals surface area contributed by atoms with Crippen LogP contribution in [0.1, 0.15) is 5.56 Å². The number of hydrogen-bond donors (Lipinski definition) is 1. The fourth-order valence-corrected chi connectivity index (χ4v) is 2.24. The number of carbonyl (C=O) groups excluding carboxylic acids is 1. The van der Waals surface area contributed by atoms with Crippen molar-refractivity contribution in [3.8, 4) is 0 Å². The van der Waals surface area contributed by atoms with Crippen LogP contribution in [0.4, 0.5) is 5.69 Å². The number of benzene rings is 3. The van der Waals surface area contributed by atoms with Crippen molar-refractivity contribution < 1.29 is 4.79 Å². The van der Waals surface area contributed by atoms with Crippen LogP contribution in [0.5, 0.6) is 0 Å². The summed E-state index contributed by atoms with van der Waals surface area (Å²) in [5.41, 5.74) is 1.83. The first-order valence-corrected chi connectivity index (χ1v) is 6.85. The fraction of sp³-hybridized carbons (Fsp3) is 0. The van der Waals surface area contributed by atoms with Gasteiger partial charge in [-0.2, -0.15) is 0 Å². The smallest absolute Gasteiger partial charge is 0.248 e. The van der Waals surface area contributed by atoms with Gasteiger partial charge in [-0.15, -0.1) is 0 Å². The predicted octanol–water partition coefficient (Wildman–Crippen LogP) is 4.49. The Hall–Kier alpha value is -2.87. The third kappa shape index (κ3) is 3.18. The lowest BCUT2D eigenvalue weighted by Gasteiger charge is -2.06. The van der Waals surface area contributed by atoms with Crippen molar-refractivity contribution in [1.29, 1.82) is 0 Å². The van der Waals surface area contributed by atoms with Crippen LogP contribution < -0.4 is 5.32 Å². The van der Waals surface area contributed by atoms with Gasteiger partial charge in [-0.05, 0) is 23.1 Å². The van der Waals surface area contributed by atoms with Gasteiger partial charge in [0.15, 0.2) is 0 Å². The number of anilines is 1. The molecule has 0 aliphatic rings. The van der Waals surface area contributed by atoms with Gasteiger partial charge in [0, 0.05) is 17.1 Å². The molecule has 1 N–H and O–H groups in total. The second-order valence-electron chi connectivity index (χ2n) is 4.76. The van der Waals surface area contributed by atoms with Crippen LogP contribution in [-0.2, 0) is 4.79 Å². The van der Waals surface area contributed by atoms with E-state index in [1.165, 1.54) is 0 Å². The van der Waals surface area contributed by atoms with E-state index in [9.17, 15) is 4.79 Å². The van der Waals surface area contributed by atoms with E-state index in [-0.39, 0.29) is 5.91 Å². The van der Waals surface area contributed by atoms with Gasteiger partial charge in [0.05, 0.1) is 0 Å². The molecule has 0 unspecified atom stereocenters. The summed E-state index contributed by atoms with van der Waals surface area (Å²) in [7, 11) is 0. The summed E-state index contributed by atoms with van der Waals surface area (Å²) in [6.45, 7) is 0. The highest BCUT2D eigenvalue weighted by atomic mass is 16.1. The Kier molecular flexibility index (Phi) is 3.79. The van der Waals surface area contributed by atoms with Crippen molar-refractivity contribution in [2.45, 2.75) is 0 Å². The Morgan fingerprint density at radius 1 is 0.810 bits per heavy atom. The molecule has 0 saturated carbocycles. The normalized spacial score (nSPS) is 10.9. The Morgan fingerprint density at radius 2 is 1.52 bits per heavy atom. The second kappa shape index (κ2) is 6.06. The second-order valence-corrected chi connectivity index (χ2v) is 4.76. The van der Waals surface area contributed by atoms with E-state index in [0.717, 1.165) is 22.0 Å². The number of hydrogen-bond acceptors (Lipinski definition) is 1. The predicted molar refractivity (Wildman–Crippen MR) is 88.1 cm³/mol. The Labute approximate surface area is 123 Å². The van der Waals surface area contributed by atoms with E-state index in [4.69, 9.17) is 0 Å². The Bertz CT molecular complexity index is 786. The molecule has 0 aromatic heterocycles. The van der Waals surface area contributed by atoms with Crippen molar-refractivity contribution in [3.05, 3.63) is 84.4 Å². The van der Waals surface area contributed by atoms with Crippen LogP contribution in [0.15, 0.2) is 78.9 Å². The third-order valence-electron chi connectivity index (χ3n) is 3.27. The average molecular weight is 273 g/mol. The lowest BCUT2D eigenvalue weighted by molar-refractivity contribution is -0.111. The van der Waals surface area contributed by atoms with Gasteiger partial charge in [-0.1, -0.05) is 66.7 Å². The number of fused-ring (bicyclic) bond motifs is 1. The Morgan fingerprint density at radius 3 is 2.38 bits per heavy atom. The average Bonchev–Trinajstić information content (AvgIpc) is 2.54. The summed E-state index contributed by atoms with van der Waals surface area (Å²) >= 11 is 0. The third-order valence-corrected chi connectivity index (χ3v) is 3.27. The first-order chi connectivity index (χ1) is 10.3. The first kappa shape index (κ1) is 13.1. The first-order valence-electron chi connectivity index (χ1n) is 6.85. The quantitative estimate of drug-likeness (QED) is 0.700. The molecule has 0 fully saturated rings. The molecule has 3 aromatic rings. The van der Waals surface area contributed by atoms with Crippen molar-refractivity contribution in [1.82, 2.24) is 0 Å². The molecule has 102 valence electrons. The van der Waals surface area contributed by atoms with E-state index in [0.29, 0.717) is 0 Å². The molecule has 1 amide bonds. The van der Waals surface area contributed by atoms with Crippen molar-refractivity contribution in [2.75, 3.05) is 5.32 Å². The lowest BCUT2D eigenvalue weighted by Crippen LogP contribution is -2.07. The summed E-state index contributed by atoms with van der Waals surface area (Å²) in [5, 5.41) is 5.09. The van der Waals surface area contributed by atoms with Crippen LogP contribution in [0, 0.1) is 0 Å². The number of rotatable bonds is 3. The molecule has 0 bridgehead atoms. The zero-order valence-electron chi connectivity index (χ0n) is 11.5. The van der Waals surface area contributed by atoms with E-state index < -0.39 is 0 Å². The molecule has 0 spiro atoms. The lowest BCUT2D eigenvalue weighted by atomic mass is 10.1. The highest BCUT2D eigenvalue weighted by molar-refractivity contribution is 6.07. The maximum absolute atomic E-state index is 12.0. The van der Waals surface area contributed by atoms with Crippen LogP contribution in [0.25, 0.3) is 16.8 Å². The van der Waals surface area contributed by atoms with Crippen LogP contribution >= 0.6 is 0 Å². The van der Waals surface area contributed by atoms with Gasteiger partial charge in [-0.3, -0.25) is 4.79 Å². The molecular formula is C19H15NO. The Balaban J connectivity index is 1.79. The monoisotopic (exact) mass is 273 g/mol. The minimum absolute atomic E-state index is 0.129. The van der Waals surface area contributed by atoms with Crippen LogP contribution in [-0.4, -0.2) is 5.91 Å². The zero-order valence-corrected chi connectivity index (χ0v) is 11.5. The molecule has 0 saturated heterocycles. The van der Waals surface area contributed by atoms with Crippen LogP contribution in [0.2, 0.25) is 0 Å². The maximum atomic E-state index is 12.0. The number of nitrogens with one attached hydrogen (secondary N) is 1. The molecule has 0 aliphatic heterocycles. The molecule has 2 heteroatoms. The highest BCUT2D eigenvalue weighted by Gasteiger charge is 2.02. The van der Waals surface area contributed by atoms with Gasteiger partial charge in [0.1, 0.15) is 0 Å². The number of carbonyl (C=O) groups is 1. The summed E-state index contributed by atoms with van der Waals surface area (Å²) in [5.74, 6) is -0.129. The van der Waals surface area contributed by atoms with E-state index in [2.05, 4.69) is 5.32 Å². The van der Waals surface area contributed by atoms with Gasteiger partial charge >= 0.3 is 0 Å². The molecule has 0 heterocycles. The largest absolute Gasteiger partial charge is 0.322 e. The fourth-order valence-electron chi connectivity index (χ4n) is 2.24. The van der Waals surface area contributed by atoms with E-state index >= 15 is 0 Å². The molecule has 2 nitrogen and oxygen atoms in total. The molecule has 0 radical (unpaired) electrons. The number of amides is 1. The minimum atomic E-state index is -0.129. The van der Waals surface area contributed by atoms with Crippen molar-refractivity contribution in [3.63, 3.8) is 0 Å². The maximum Gasteiger partial charge on any atom is 0.248 e. The summed E-state index contributed by atoms with van der Waals surface area (Å²) in [6.07, 6.45) is 3.36. The van der Waals surface area contributed by atoms with Gasteiger partial charge in [0.2, 0.25) is 5.91 Å². The molecule has 0 atom stereocenters. The minimum Gasteiger partial charge on any atom is -0.322 e.